The van der Waals surface area contributed by atoms with Crippen LogP contribution in [0.25, 0.3) is 0 Å². The third-order valence-electron chi connectivity index (χ3n) is 1.53. The smallest absolute Gasteiger partial charge is 0.344 e. The van der Waals surface area contributed by atoms with E-state index in [0.717, 1.165) is 11.3 Å². The van der Waals surface area contributed by atoms with Gasteiger partial charge in [0.2, 0.25) is 0 Å². The molecule has 82 valence electrons. The Kier molecular flexibility index (Phi) is 4.04. The minimum Gasteiger partial charge on any atom is -0.481 e. The lowest BCUT2D eigenvalue weighted by atomic mass is 10.2. The summed E-state index contributed by atoms with van der Waals surface area (Å²) in [6.07, 6.45) is 1.18. The molecule has 0 bridgehead atoms. The fraction of sp³-hybridized carbons (Fsp3) is 0.429. The molecule has 6 nitrogen and oxygen atoms in total. The molecular weight excluding hydrogens is 240 g/mol. The molecule has 0 aromatic carbocycles. The van der Waals surface area contributed by atoms with Crippen molar-refractivity contribution in [2.24, 2.45) is 5.92 Å². The second-order valence-electron chi connectivity index (χ2n) is 2.77. The lowest BCUT2D eigenvalue weighted by Gasteiger charge is -2.01. The molecule has 1 aromatic heterocycles. The molecule has 1 unspecified atom stereocenters. The van der Waals surface area contributed by atoms with Crippen LogP contribution in [0.5, 0.6) is 0 Å². The number of aliphatic carboxylic acids is 1. The Labute approximate surface area is 93.5 Å². The Balaban J connectivity index is 2.51. The molecule has 15 heavy (non-hydrogen) atoms. The quantitative estimate of drug-likeness (QED) is 0.485. The van der Waals surface area contributed by atoms with Crippen molar-refractivity contribution in [3.8, 4) is 0 Å². The summed E-state index contributed by atoms with van der Waals surface area (Å²) in [6.45, 7) is 1.58. The van der Waals surface area contributed by atoms with E-state index >= 15 is 0 Å². The van der Waals surface area contributed by atoms with Gasteiger partial charge in [0, 0.05) is 5.75 Å². The summed E-state index contributed by atoms with van der Waals surface area (Å²) < 4.78 is 0.523. The highest BCUT2D eigenvalue weighted by atomic mass is 32.2. The van der Waals surface area contributed by atoms with Gasteiger partial charge in [-0.15, -0.1) is 0 Å². The maximum atomic E-state index is 10.5. The number of nitro groups is 1. The van der Waals surface area contributed by atoms with Crippen LogP contribution in [0.15, 0.2) is 10.5 Å². The number of thiazole rings is 1. The van der Waals surface area contributed by atoms with E-state index in [0.29, 0.717) is 10.1 Å². The molecule has 0 radical (unpaired) electrons. The van der Waals surface area contributed by atoms with Crippen LogP contribution in [0.2, 0.25) is 0 Å². The first kappa shape index (κ1) is 11.9. The molecule has 1 aromatic rings. The molecule has 1 rings (SSSR count). The van der Waals surface area contributed by atoms with E-state index in [1.807, 2.05) is 0 Å². The van der Waals surface area contributed by atoms with E-state index in [4.69, 9.17) is 5.11 Å². The average Bonchev–Trinajstić information content (AvgIpc) is 2.62. The standard InChI is InChI=1S/C7H8N2O4S2/c1-4(6(10)11)3-14-7-8-2-5(15-7)9(12)13/h2,4H,3H2,1H3,(H,10,11). The van der Waals surface area contributed by atoms with Gasteiger partial charge < -0.3 is 5.11 Å². The molecule has 0 amide bonds. The van der Waals surface area contributed by atoms with Gasteiger partial charge in [0.25, 0.3) is 0 Å². The van der Waals surface area contributed by atoms with E-state index < -0.39 is 16.8 Å². The topological polar surface area (TPSA) is 93.3 Å². The van der Waals surface area contributed by atoms with E-state index in [2.05, 4.69) is 4.98 Å². The van der Waals surface area contributed by atoms with Crippen molar-refractivity contribution in [2.45, 2.75) is 11.3 Å². The molecule has 1 N–H and O–H groups in total. The van der Waals surface area contributed by atoms with Crippen LogP contribution in [-0.2, 0) is 4.79 Å². The number of rotatable bonds is 5. The number of thioether (sulfide) groups is 1. The largest absolute Gasteiger partial charge is 0.481 e. The number of nitrogens with zero attached hydrogens (tertiary/aromatic N) is 2. The maximum absolute atomic E-state index is 10.5. The minimum absolute atomic E-state index is 0.0273. The predicted molar refractivity (Wildman–Crippen MR) is 56.3 cm³/mol. The highest BCUT2D eigenvalue weighted by molar-refractivity contribution is 8.01. The Morgan fingerprint density at radius 3 is 3.00 bits per heavy atom. The van der Waals surface area contributed by atoms with Crippen LogP contribution in [-0.4, -0.2) is 26.7 Å². The van der Waals surface area contributed by atoms with Crippen LogP contribution in [0.4, 0.5) is 5.00 Å². The molecule has 0 aliphatic carbocycles. The molecule has 1 heterocycles. The summed E-state index contributed by atoms with van der Waals surface area (Å²) in [4.78, 5) is 24.1. The van der Waals surface area contributed by atoms with E-state index in [-0.39, 0.29) is 5.00 Å². The first-order valence-corrected chi connectivity index (χ1v) is 5.76. The number of hydrogen-bond donors (Lipinski definition) is 1. The van der Waals surface area contributed by atoms with E-state index in [9.17, 15) is 14.9 Å². The summed E-state index contributed by atoms with van der Waals surface area (Å²) in [5, 5.41) is 18.9. The molecule has 0 saturated carbocycles. The summed E-state index contributed by atoms with van der Waals surface area (Å²) in [5.41, 5.74) is 0. The predicted octanol–water partition coefficient (Wildman–Crippen LogP) is 1.86. The molecule has 0 spiro atoms. The second kappa shape index (κ2) is 5.08. The second-order valence-corrected chi connectivity index (χ2v) is 5.05. The Hall–Kier alpha value is -1.15. The summed E-state index contributed by atoms with van der Waals surface area (Å²) in [6, 6.07) is 0. The van der Waals surface area contributed by atoms with Gasteiger partial charge in [0.1, 0.15) is 6.20 Å². The first-order valence-electron chi connectivity index (χ1n) is 3.96. The molecule has 0 saturated heterocycles. The first-order chi connectivity index (χ1) is 7.00. The molecule has 8 heteroatoms. The van der Waals surface area contributed by atoms with Gasteiger partial charge in [0.15, 0.2) is 4.34 Å². The number of aromatic nitrogens is 1. The summed E-state index contributed by atoms with van der Waals surface area (Å²) in [5.74, 6) is -1.01. The van der Waals surface area contributed by atoms with Gasteiger partial charge in [-0.3, -0.25) is 14.9 Å². The zero-order valence-corrected chi connectivity index (χ0v) is 9.38. The van der Waals surface area contributed by atoms with E-state index in [1.54, 1.807) is 6.92 Å². The van der Waals surface area contributed by atoms with Gasteiger partial charge in [-0.2, -0.15) is 0 Å². The zero-order valence-electron chi connectivity index (χ0n) is 7.74. The fourth-order valence-electron chi connectivity index (χ4n) is 0.669. The third kappa shape index (κ3) is 3.48. The van der Waals surface area contributed by atoms with Gasteiger partial charge >= 0.3 is 11.0 Å². The minimum atomic E-state index is -0.881. The highest BCUT2D eigenvalue weighted by Gasteiger charge is 2.15. The van der Waals surface area contributed by atoms with Crippen molar-refractivity contribution in [1.82, 2.24) is 4.98 Å². The number of carboxylic acid groups (broad SMARTS) is 1. The van der Waals surface area contributed by atoms with Crippen LogP contribution in [0, 0.1) is 16.0 Å². The van der Waals surface area contributed by atoms with Crippen LogP contribution in [0.3, 0.4) is 0 Å². The lowest BCUT2D eigenvalue weighted by molar-refractivity contribution is -0.380. The Bertz CT molecular complexity index is 379. The third-order valence-corrected chi connectivity index (χ3v) is 3.90. The van der Waals surface area contributed by atoms with Gasteiger partial charge in [-0.1, -0.05) is 18.7 Å². The number of hydrogen-bond acceptors (Lipinski definition) is 6. The zero-order chi connectivity index (χ0) is 11.4. The Morgan fingerprint density at radius 2 is 2.53 bits per heavy atom. The fourth-order valence-corrected chi connectivity index (χ4v) is 2.49. The normalized spacial score (nSPS) is 12.3. The van der Waals surface area contributed by atoms with Gasteiger partial charge in [-0.25, -0.2) is 4.98 Å². The Morgan fingerprint density at radius 1 is 1.87 bits per heavy atom. The highest BCUT2D eigenvalue weighted by Crippen LogP contribution is 2.30. The van der Waals surface area contributed by atoms with Gasteiger partial charge in [-0.05, 0) is 11.3 Å². The number of carbonyl (C=O) groups is 1. The summed E-state index contributed by atoms with van der Waals surface area (Å²) >= 11 is 2.17. The van der Waals surface area contributed by atoms with E-state index in [1.165, 1.54) is 18.0 Å². The molecule has 0 aliphatic heterocycles. The molecule has 1 atom stereocenters. The van der Waals surface area contributed by atoms with Gasteiger partial charge in [0.05, 0.1) is 10.8 Å². The van der Waals surface area contributed by atoms with Crippen LogP contribution >= 0.6 is 23.1 Å². The van der Waals surface area contributed by atoms with Crippen molar-refractivity contribution in [1.29, 1.82) is 0 Å². The van der Waals surface area contributed by atoms with Crippen molar-refractivity contribution in [3.63, 3.8) is 0 Å². The van der Waals surface area contributed by atoms with Crippen molar-refractivity contribution >= 4 is 34.1 Å². The SMILES string of the molecule is CC(CSc1ncc([N+](=O)[O-])s1)C(=O)O. The average molecular weight is 248 g/mol. The van der Waals surface area contributed by atoms with Crippen molar-refractivity contribution in [3.05, 3.63) is 16.3 Å². The summed E-state index contributed by atoms with van der Waals surface area (Å²) in [7, 11) is 0. The monoisotopic (exact) mass is 248 g/mol. The number of carboxylic acids is 1. The van der Waals surface area contributed by atoms with Crippen molar-refractivity contribution < 1.29 is 14.8 Å². The molecule has 0 fully saturated rings. The van der Waals surface area contributed by atoms with Crippen LogP contribution in [0.1, 0.15) is 6.92 Å². The maximum Gasteiger partial charge on any atom is 0.344 e. The molecule has 0 aliphatic rings. The van der Waals surface area contributed by atoms with Crippen molar-refractivity contribution in [2.75, 3.05) is 5.75 Å². The lowest BCUT2D eigenvalue weighted by Crippen LogP contribution is -2.11. The molecular formula is C7H8N2O4S2. The van der Waals surface area contributed by atoms with Crippen LogP contribution < -0.4 is 0 Å².